The molecule has 3 rings (SSSR count). The van der Waals surface area contributed by atoms with Crippen LogP contribution < -0.4 is 9.80 Å². The first-order chi connectivity index (χ1) is 12.6. The minimum Gasteiger partial charge on any atom is -0.396 e. The molecule has 2 aromatic rings. The van der Waals surface area contributed by atoms with Crippen LogP contribution in [0.2, 0.25) is 0 Å². The number of aromatic nitrogens is 4. The second-order valence-corrected chi connectivity index (χ2v) is 6.62. The largest absolute Gasteiger partial charge is 0.396 e. The fourth-order valence-electron chi connectivity index (χ4n) is 3.50. The molecule has 8 heteroatoms. The Morgan fingerprint density at radius 2 is 1.38 bits per heavy atom. The fourth-order valence-corrected chi connectivity index (χ4v) is 3.50. The molecule has 8 nitrogen and oxygen atoms in total. The van der Waals surface area contributed by atoms with E-state index in [0.717, 1.165) is 24.7 Å². The fraction of sp³-hybridized carbons (Fsp3) is 0.556. The molecule has 0 aromatic carbocycles. The van der Waals surface area contributed by atoms with E-state index in [9.17, 15) is 0 Å². The summed E-state index contributed by atoms with van der Waals surface area (Å²) in [6.07, 6.45) is 4.43. The molecule has 1 aliphatic heterocycles. The molecule has 0 spiro atoms. The molecule has 26 heavy (non-hydrogen) atoms. The molecule has 2 atom stereocenters. The Kier molecular flexibility index (Phi) is 5.95. The van der Waals surface area contributed by atoms with Gasteiger partial charge in [-0.1, -0.05) is 0 Å². The Morgan fingerprint density at radius 3 is 1.92 bits per heavy atom. The van der Waals surface area contributed by atoms with Crippen LogP contribution in [0, 0.1) is 0 Å². The third-order valence-corrected chi connectivity index (χ3v) is 4.56. The Hall–Kier alpha value is -2.32. The summed E-state index contributed by atoms with van der Waals surface area (Å²) in [7, 11) is 0. The maximum absolute atomic E-state index is 9.12. The van der Waals surface area contributed by atoms with Gasteiger partial charge in [0.05, 0.1) is 13.2 Å². The van der Waals surface area contributed by atoms with Crippen LogP contribution in [-0.2, 0) is 12.8 Å². The topological polar surface area (TPSA) is 98.5 Å². The Morgan fingerprint density at radius 1 is 0.885 bits per heavy atom. The van der Waals surface area contributed by atoms with Gasteiger partial charge in [0.25, 0.3) is 0 Å². The van der Waals surface area contributed by atoms with E-state index in [1.54, 1.807) is 12.4 Å². The predicted octanol–water partition coefficient (Wildman–Crippen LogP) is 0.440. The van der Waals surface area contributed by atoms with Crippen LogP contribution in [0.25, 0.3) is 0 Å². The van der Waals surface area contributed by atoms with Crippen molar-refractivity contribution >= 4 is 11.6 Å². The van der Waals surface area contributed by atoms with Crippen LogP contribution in [0.5, 0.6) is 0 Å². The second-order valence-electron chi connectivity index (χ2n) is 6.62. The zero-order valence-electron chi connectivity index (χ0n) is 15.3. The van der Waals surface area contributed by atoms with Gasteiger partial charge in [0.2, 0.25) is 0 Å². The first kappa shape index (κ1) is 18.5. The van der Waals surface area contributed by atoms with Crippen molar-refractivity contribution in [3.8, 4) is 0 Å². The van der Waals surface area contributed by atoms with Gasteiger partial charge in [-0.15, -0.1) is 0 Å². The smallest absolute Gasteiger partial charge is 0.132 e. The summed E-state index contributed by atoms with van der Waals surface area (Å²) in [6, 6.07) is 4.33. The van der Waals surface area contributed by atoms with Gasteiger partial charge in [-0.2, -0.15) is 0 Å². The number of hydrogen-bond acceptors (Lipinski definition) is 8. The number of hydrogen-bond donors (Lipinski definition) is 2. The SMILES string of the molecule is C[C@@H]1CN(c2ccnc(CCO)n2)C[C@H](C)N1c1ccnc(CCO)n1. The lowest BCUT2D eigenvalue weighted by atomic mass is 10.1. The zero-order valence-corrected chi connectivity index (χ0v) is 15.3. The van der Waals surface area contributed by atoms with Gasteiger partial charge in [-0.05, 0) is 26.0 Å². The van der Waals surface area contributed by atoms with Crippen molar-refractivity contribution in [2.45, 2.75) is 38.8 Å². The molecule has 0 radical (unpaired) electrons. The summed E-state index contributed by atoms with van der Waals surface area (Å²) in [5.74, 6) is 3.12. The third-order valence-electron chi connectivity index (χ3n) is 4.56. The van der Waals surface area contributed by atoms with Crippen molar-refractivity contribution in [2.75, 3.05) is 36.1 Å². The summed E-state index contributed by atoms with van der Waals surface area (Å²) in [6.45, 7) is 6.08. The van der Waals surface area contributed by atoms with Crippen LogP contribution in [-0.4, -0.2) is 68.5 Å². The number of anilines is 2. The number of aliphatic hydroxyl groups is 2. The minimum absolute atomic E-state index is 0.0478. The van der Waals surface area contributed by atoms with Crippen molar-refractivity contribution in [3.05, 3.63) is 36.2 Å². The highest BCUT2D eigenvalue weighted by Gasteiger charge is 2.31. The molecule has 140 valence electrons. The van der Waals surface area contributed by atoms with Gasteiger partial charge in [-0.25, -0.2) is 19.9 Å². The van der Waals surface area contributed by atoms with Crippen LogP contribution in [0.1, 0.15) is 25.5 Å². The number of rotatable bonds is 6. The van der Waals surface area contributed by atoms with E-state index in [1.165, 1.54) is 0 Å². The normalized spacial score (nSPS) is 20.5. The van der Waals surface area contributed by atoms with Gasteiger partial charge >= 0.3 is 0 Å². The van der Waals surface area contributed by atoms with Gasteiger partial charge in [0, 0.05) is 50.4 Å². The minimum atomic E-state index is 0.0478. The van der Waals surface area contributed by atoms with Crippen molar-refractivity contribution in [2.24, 2.45) is 0 Å². The highest BCUT2D eigenvalue weighted by Crippen LogP contribution is 2.25. The van der Waals surface area contributed by atoms with Crippen LogP contribution in [0.15, 0.2) is 24.5 Å². The van der Waals surface area contributed by atoms with Crippen LogP contribution >= 0.6 is 0 Å². The van der Waals surface area contributed by atoms with E-state index >= 15 is 0 Å². The molecule has 2 aromatic heterocycles. The van der Waals surface area contributed by atoms with E-state index in [4.69, 9.17) is 10.2 Å². The summed E-state index contributed by atoms with van der Waals surface area (Å²) in [5.41, 5.74) is 0. The van der Waals surface area contributed by atoms with E-state index in [-0.39, 0.29) is 25.3 Å². The Labute approximate surface area is 153 Å². The molecule has 1 aliphatic rings. The van der Waals surface area contributed by atoms with Crippen molar-refractivity contribution in [3.63, 3.8) is 0 Å². The van der Waals surface area contributed by atoms with Gasteiger partial charge in [-0.3, -0.25) is 0 Å². The highest BCUT2D eigenvalue weighted by molar-refractivity contribution is 5.47. The lowest BCUT2D eigenvalue weighted by molar-refractivity contribution is 0.296. The summed E-state index contributed by atoms with van der Waals surface area (Å²) in [4.78, 5) is 22.2. The molecule has 0 unspecified atom stereocenters. The maximum Gasteiger partial charge on any atom is 0.132 e. The average Bonchev–Trinajstić information content (AvgIpc) is 2.62. The molecule has 2 N–H and O–H groups in total. The summed E-state index contributed by atoms with van der Waals surface area (Å²) >= 11 is 0. The maximum atomic E-state index is 9.12. The molecule has 0 aliphatic carbocycles. The predicted molar refractivity (Wildman–Crippen MR) is 99.3 cm³/mol. The molecule has 3 heterocycles. The zero-order chi connectivity index (χ0) is 18.5. The van der Waals surface area contributed by atoms with E-state index < -0.39 is 0 Å². The molecule has 1 fully saturated rings. The molecule has 0 amide bonds. The lowest BCUT2D eigenvalue weighted by Gasteiger charge is -2.45. The van der Waals surface area contributed by atoms with Gasteiger partial charge in [0.15, 0.2) is 0 Å². The van der Waals surface area contributed by atoms with Crippen molar-refractivity contribution in [1.29, 1.82) is 0 Å². The first-order valence-corrected chi connectivity index (χ1v) is 9.01. The van der Waals surface area contributed by atoms with E-state index in [0.29, 0.717) is 24.5 Å². The lowest BCUT2D eigenvalue weighted by Crippen LogP contribution is -2.57. The number of piperazine rings is 1. The van der Waals surface area contributed by atoms with E-state index in [1.807, 2.05) is 12.1 Å². The summed E-state index contributed by atoms with van der Waals surface area (Å²) < 4.78 is 0. The molecular weight excluding hydrogens is 332 g/mol. The van der Waals surface area contributed by atoms with Gasteiger partial charge in [0.1, 0.15) is 23.3 Å². The monoisotopic (exact) mass is 358 g/mol. The number of nitrogens with zero attached hydrogens (tertiary/aromatic N) is 6. The number of aliphatic hydroxyl groups excluding tert-OH is 2. The standard InChI is InChI=1S/C18H26N6O2/c1-13-11-23(17-3-7-19-15(21-17)5-9-25)12-14(2)24(13)18-4-8-20-16(22-18)6-10-26/h3-4,7-8,13-14,25-26H,5-6,9-12H2,1-2H3/t13-,14+. The second kappa shape index (κ2) is 8.37. The third kappa shape index (κ3) is 4.08. The highest BCUT2D eigenvalue weighted by atomic mass is 16.3. The molecule has 1 saturated heterocycles. The van der Waals surface area contributed by atoms with Gasteiger partial charge < -0.3 is 20.0 Å². The van der Waals surface area contributed by atoms with Crippen molar-refractivity contribution in [1.82, 2.24) is 19.9 Å². The Balaban J connectivity index is 1.77. The summed E-state index contributed by atoms with van der Waals surface area (Å²) in [5, 5.41) is 18.2. The average molecular weight is 358 g/mol. The molecular formula is C18H26N6O2. The molecule has 0 bridgehead atoms. The quantitative estimate of drug-likeness (QED) is 0.768. The Bertz CT molecular complexity index is 716. The van der Waals surface area contributed by atoms with E-state index in [2.05, 4.69) is 43.6 Å². The van der Waals surface area contributed by atoms with Crippen LogP contribution in [0.3, 0.4) is 0 Å². The first-order valence-electron chi connectivity index (χ1n) is 9.01. The van der Waals surface area contributed by atoms with Crippen LogP contribution in [0.4, 0.5) is 11.6 Å². The molecule has 0 saturated carbocycles. The van der Waals surface area contributed by atoms with Crippen molar-refractivity contribution < 1.29 is 10.2 Å².